The molecular weight excluding hydrogens is 291 g/mol. The molecule has 0 radical (unpaired) electrons. The van der Waals surface area contributed by atoms with E-state index in [-0.39, 0.29) is 5.82 Å². The first-order chi connectivity index (χ1) is 10.1. The highest BCUT2D eigenvalue weighted by Gasteiger charge is 2.30. The highest BCUT2D eigenvalue weighted by atomic mass is 32.1. The van der Waals surface area contributed by atoms with Gasteiger partial charge in [-0.15, -0.1) is 11.3 Å². The molecule has 1 aromatic carbocycles. The highest BCUT2D eigenvalue weighted by Crippen LogP contribution is 2.27. The minimum atomic E-state index is -0.781. The maximum Gasteiger partial charge on any atom is 0.320 e. The molecule has 0 amide bonds. The predicted octanol–water partition coefficient (Wildman–Crippen LogP) is 3.00. The number of hydrogen-bond donors (Lipinski definition) is 1. The highest BCUT2D eigenvalue weighted by molar-refractivity contribution is 7.13. The van der Waals surface area contributed by atoms with Gasteiger partial charge in [-0.25, -0.2) is 9.37 Å². The summed E-state index contributed by atoms with van der Waals surface area (Å²) in [5.74, 6) is -1.07. The number of rotatable bonds is 4. The second-order valence-corrected chi connectivity index (χ2v) is 5.95. The number of aromatic nitrogens is 1. The fraction of sp³-hybridized carbons (Fsp3) is 0.333. The molecule has 0 bridgehead atoms. The van der Waals surface area contributed by atoms with Crippen LogP contribution in [0.2, 0.25) is 0 Å². The minimum absolute atomic E-state index is 0.289. The molecule has 0 spiro atoms. The molecule has 3 rings (SSSR count). The normalized spacial score (nSPS) is 19.0. The molecular formula is C15H15FN2O2S. The van der Waals surface area contributed by atoms with Crippen molar-refractivity contribution in [2.75, 3.05) is 6.54 Å². The summed E-state index contributed by atoms with van der Waals surface area (Å²) in [5, 5.41) is 11.7. The van der Waals surface area contributed by atoms with Crippen molar-refractivity contribution < 1.29 is 14.3 Å². The Morgan fingerprint density at radius 1 is 1.48 bits per heavy atom. The lowest BCUT2D eigenvalue weighted by atomic mass is 10.2. The maximum atomic E-state index is 13.7. The van der Waals surface area contributed by atoms with Crippen molar-refractivity contribution in [1.82, 2.24) is 9.88 Å². The third-order valence-electron chi connectivity index (χ3n) is 3.67. The van der Waals surface area contributed by atoms with Crippen LogP contribution in [-0.4, -0.2) is 33.5 Å². The molecule has 4 nitrogen and oxygen atoms in total. The molecule has 1 fully saturated rings. The summed E-state index contributed by atoms with van der Waals surface area (Å²) in [6.07, 6.45) is 1.57. The SMILES string of the molecule is O=C(O)C1CCCN1Cc1csc(-c2ccccc2F)n1. The Labute approximate surface area is 125 Å². The van der Waals surface area contributed by atoms with E-state index in [2.05, 4.69) is 4.98 Å². The number of benzene rings is 1. The van der Waals surface area contributed by atoms with Gasteiger partial charge < -0.3 is 5.11 Å². The number of halogens is 1. The average Bonchev–Trinajstić information content (AvgIpc) is 3.09. The molecule has 21 heavy (non-hydrogen) atoms. The fourth-order valence-corrected chi connectivity index (χ4v) is 3.48. The van der Waals surface area contributed by atoms with Crippen molar-refractivity contribution in [3.8, 4) is 10.6 Å². The molecule has 1 aliphatic heterocycles. The molecule has 1 saturated heterocycles. The molecule has 1 aromatic heterocycles. The lowest BCUT2D eigenvalue weighted by molar-refractivity contribution is -0.142. The van der Waals surface area contributed by atoms with Gasteiger partial charge in [0, 0.05) is 17.5 Å². The van der Waals surface area contributed by atoms with Crippen molar-refractivity contribution in [3.63, 3.8) is 0 Å². The second kappa shape index (κ2) is 5.91. The summed E-state index contributed by atoms with van der Waals surface area (Å²) in [6, 6.07) is 6.12. The van der Waals surface area contributed by atoms with Gasteiger partial charge in [-0.2, -0.15) is 0 Å². The molecule has 2 heterocycles. The first-order valence-electron chi connectivity index (χ1n) is 6.81. The number of thiazole rings is 1. The molecule has 110 valence electrons. The zero-order valence-electron chi connectivity index (χ0n) is 11.3. The number of carboxylic acid groups (broad SMARTS) is 1. The van der Waals surface area contributed by atoms with Crippen LogP contribution >= 0.6 is 11.3 Å². The standard InChI is InChI=1S/C15H15FN2O2S/c16-12-5-2-1-4-11(12)14-17-10(9-21-14)8-18-7-3-6-13(18)15(19)20/h1-2,4-5,9,13H,3,6-8H2,(H,19,20). The van der Waals surface area contributed by atoms with E-state index < -0.39 is 12.0 Å². The van der Waals surface area contributed by atoms with Gasteiger partial charge in [0.15, 0.2) is 0 Å². The van der Waals surface area contributed by atoms with Crippen LogP contribution in [0, 0.1) is 5.82 Å². The molecule has 0 saturated carbocycles. The van der Waals surface area contributed by atoms with E-state index in [9.17, 15) is 14.3 Å². The Hall–Kier alpha value is -1.79. The van der Waals surface area contributed by atoms with Crippen molar-refractivity contribution in [2.24, 2.45) is 0 Å². The average molecular weight is 306 g/mol. The zero-order valence-corrected chi connectivity index (χ0v) is 12.1. The summed E-state index contributed by atoms with van der Waals surface area (Å²) in [7, 11) is 0. The topological polar surface area (TPSA) is 53.4 Å². The van der Waals surface area contributed by atoms with Gasteiger partial charge in [0.05, 0.1) is 5.69 Å². The number of aliphatic carboxylic acids is 1. The Bertz CT molecular complexity index is 659. The van der Waals surface area contributed by atoms with Crippen molar-refractivity contribution in [1.29, 1.82) is 0 Å². The molecule has 0 aliphatic carbocycles. The number of likely N-dealkylation sites (tertiary alicyclic amines) is 1. The number of carboxylic acids is 1. The summed E-state index contributed by atoms with van der Waals surface area (Å²) in [6.45, 7) is 1.27. The smallest absolute Gasteiger partial charge is 0.320 e. The lowest BCUT2D eigenvalue weighted by Gasteiger charge is -2.19. The monoisotopic (exact) mass is 306 g/mol. The van der Waals surface area contributed by atoms with E-state index in [4.69, 9.17) is 0 Å². The largest absolute Gasteiger partial charge is 0.480 e. The van der Waals surface area contributed by atoms with Gasteiger partial charge in [0.1, 0.15) is 16.9 Å². The van der Waals surface area contributed by atoms with Gasteiger partial charge in [0.2, 0.25) is 0 Å². The summed E-state index contributed by atoms with van der Waals surface area (Å²) >= 11 is 1.38. The van der Waals surface area contributed by atoms with E-state index in [0.717, 1.165) is 18.7 Å². The summed E-state index contributed by atoms with van der Waals surface area (Å²) in [4.78, 5) is 17.5. The van der Waals surface area contributed by atoms with Crippen LogP contribution in [0.15, 0.2) is 29.6 Å². The molecule has 1 unspecified atom stereocenters. The van der Waals surface area contributed by atoms with Crippen LogP contribution in [0.4, 0.5) is 4.39 Å². The third kappa shape index (κ3) is 2.96. The quantitative estimate of drug-likeness (QED) is 0.943. The van der Waals surface area contributed by atoms with Crippen LogP contribution < -0.4 is 0 Å². The Morgan fingerprint density at radius 2 is 2.29 bits per heavy atom. The van der Waals surface area contributed by atoms with Crippen molar-refractivity contribution in [2.45, 2.75) is 25.4 Å². The third-order valence-corrected chi connectivity index (χ3v) is 4.59. The number of hydrogen-bond acceptors (Lipinski definition) is 4. The van der Waals surface area contributed by atoms with Crippen LogP contribution in [0.5, 0.6) is 0 Å². The Kier molecular flexibility index (Phi) is 3.98. The van der Waals surface area contributed by atoms with E-state index >= 15 is 0 Å². The van der Waals surface area contributed by atoms with Crippen molar-refractivity contribution >= 4 is 17.3 Å². The Morgan fingerprint density at radius 3 is 3.05 bits per heavy atom. The van der Waals surface area contributed by atoms with Crippen LogP contribution in [-0.2, 0) is 11.3 Å². The maximum absolute atomic E-state index is 13.7. The molecule has 1 aliphatic rings. The number of nitrogens with zero attached hydrogens (tertiary/aromatic N) is 2. The van der Waals surface area contributed by atoms with Gasteiger partial charge in [-0.3, -0.25) is 9.69 Å². The minimum Gasteiger partial charge on any atom is -0.480 e. The second-order valence-electron chi connectivity index (χ2n) is 5.09. The molecule has 1 atom stereocenters. The Balaban J connectivity index is 1.77. The van der Waals surface area contributed by atoms with E-state index in [1.807, 2.05) is 10.3 Å². The summed E-state index contributed by atoms with van der Waals surface area (Å²) < 4.78 is 13.7. The summed E-state index contributed by atoms with van der Waals surface area (Å²) in [5.41, 5.74) is 1.29. The van der Waals surface area contributed by atoms with E-state index in [1.54, 1.807) is 18.2 Å². The molecule has 2 aromatic rings. The lowest BCUT2D eigenvalue weighted by Crippen LogP contribution is -2.35. The van der Waals surface area contributed by atoms with Crippen LogP contribution in [0.1, 0.15) is 18.5 Å². The van der Waals surface area contributed by atoms with E-state index in [1.165, 1.54) is 17.4 Å². The fourth-order valence-electron chi connectivity index (χ4n) is 2.64. The molecule has 6 heteroatoms. The van der Waals surface area contributed by atoms with Gasteiger partial charge >= 0.3 is 5.97 Å². The zero-order chi connectivity index (χ0) is 14.8. The predicted molar refractivity (Wildman–Crippen MR) is 78.6 cm³/mol. The van der Waals surface area contributed by atoms with Crippen molar-refractivity contribution in [3.05, 3.63) is 41.2 Å². The van der Waals surface area contributed by atoms with Gasteiger partial charge in [-0.1, -0.05) is 12.1 Å². The first kappa shape index (κ1) is 14.2. The number of carbonyl (C=O) groups is 1. The molecule has 1 N–H and O–H groups in total. The van der Waals surface area contributed by atoms with E-state index in [0.29, 0.717) is 23.5 Å². The first-order valence-corrected chi connectivity index (χ1v) is 7.69. The van der Waals surface area contributed by atoms with Crippen LogP contribution in [0.25, 0.3) is 10.6 Å². The van der Waals surface area contributed by atoms with Crippen LogP contribution in [0.3, 0.4) is 0 Å². The van der Waals surface area contributed by atoms with Gasteiger partial charge in [-0.05, 0) is 31.5 Å². The van der Waals surface area contributed by atoms with Gasteiger partial charge in [0.25, 0.3) is 0 Å².